The standard InChI is InChI=1S/C25H34N6O2/c1-26-23-17-19(3-12-28-23)18-30-13-6-22(7-14-30)25(32)31-15-8-21(9-16-31)24(29-33-2)20-4-10-27-11-5-20/h3-5,10-12,17,21-22H,6-9,13-16,18H2,1-2H3,(H,26,28). The minimum Gasteiger partial charge on any atom is -0.399 e. The average molecular weight is 451 g/mol. The summed E-state index contributed by atoms with van der Waals surface area (Å²) in [6.07, 6.45) is 9.07. The number of hydrogen-bond donors (Lipinski definition) is 1. The lowest BCUT2D eigenvalue weighted by Gasteiger charge is -2.37. The molecule has 0 aliphatic carbocycles. The van der Waals surface area contributed by atoms with Crippen LogP contribution in [0.25, 0.3) is 0 Å². The number of aromatic nitrogens is 2. The number of carbonyl (C=O) groups excluding carboxylic acids is 1. The molecular weight excluding hydrogens is 416 g/mol. The second kappa shape index (κ2) is 11.2. The Morgan fingerprint density at radius 1 is 1.06 bits per heavy atom. The van der Waals surface area contributed by atoms with Crippen LogP contribution in [0.15, 0.2) is 48.0 Å². The molecule has 2 aromatic heterocycles. The molecule has 2 aliphatic heterocycles. The zero-order valence-electron chi connectivity index (χ0n) is 19.6. The van der Waals surface area contributed by atoms with E-state index in [-0.39, 0.29) is 5.92 Å². The van der Waals surface area contributed by atoms with Gasteiger partial charge in [0.15, 0.2) is 0 Å². The van der Waals surface area contributed by atoms with Crippen LogP contribution in [0, 0.1) is 11.8 Å². The molecule has 2 aromatic rings. The van der Waals surface area contributed by atoms with Crippen molar-refractivity contribution in [2.45, 2.75) is 32.2 Å². The number of pyridine rings is 2. The van der Waals surface area contributed by atoms with Gasteiger partial charge in [0, 0.05) is 62.7 Å². The molecule has 2 aliphatic rings. The third-order valence-electron chi connectivity index (χ3n) is 6.78. The topological polar surface area (TPSA) is 83.0 Å². The van der Waals surface area contributed by atoms with Gasteiger partial charge in [-0.1, -0.05) is 5.16 Å². The highest BCUT2D eigenvalue weighted by atomic mass is 16.6. The number of amides is 1. The van der Waals surface area contributed by atoms with Gasteiger partial charge in [-0.3, -0.25) is 14.7 Å². The molecule has 8 heteroatoms. The van der Waals surface area contributed by atoms with Crippen molar-refractivity contribution in [2.75, 3.05) is 45.7 Å². The summed E-state index contributed by atoms with van der Waals surface area (Å²) in [7, 11) is 3.47. The summed E-state index contributed by atoms with van der Waals surface area (Å²) in [6.45, 7) is 4.37. The highest BCUT2D eigenvalue weighted by Crippen LogP contribution is 2.27. The highest BCUT2D eigenvalue weighted by molar-refractivity contribution is 6.02. The van der Waals surface area contributed by atoms with Crippen LogP contribution in [0.4, 0.5) is 5.82 Å². The minimum absolute atomic E-state index is 0.135. The first-order valence-corrected chi connectivity index (χ1v) is 11.8. The zero-order valence-corrected chi connectivity index (χ0v) is 19.6. The first-order valence-electron chi connectivity index (χ1n) is 11.8. The smallest absolute Gasteiger partial charge is 0.225 e. The summed E-state index contributed by atoms with van der Waals surface area (Å²) in [5, 5.41) is 7.40. The Balaban J connectivity index is 1.27. The van der Waals surface area contributed by atoms with Crippen molar-refractivity contribution in [1.82, 2.24) is 19.8 Å². The number of oxime groups is 1. The van der Waals surface area contributed by atoms with E-state index in [1.54, 1.807) is 19.5 Å². The summed E-state index contributed by atoms with van der Waals surface area (Å²) in [4.78, 5) is 31.2. The summed E-state index contributed by atoms with van der Waals surface area (Å²) in [5.41, 5.74) is 3.25. The van der Waals surface area contributed by atoms with Gasteiger partial charge in [-0.25, -0.2) is 4.98 Å². The summed E-state index contributed by atoms with van der Waals surface area (Å²) < 4.78 is 0. The molecule has 1 N–H and O–H groups in total. The van der Waals surface area contributed by atoms with E-state index in [1.165, 1.54) is 5.56 Å². The molecule has 2 saturated heterocycles. The molecule has 0 atom stereocenters. The summed E-state index contributed by atoms with van der Waals surface area (Å²) in [6, 6.07) is 8.09. The maximum atomic E-state index is 13.2. The van der Waals surface area contributed by atoms with Crippen LogP contribution >= 0.6 is 0 Å². The number of anilines is 1. The number of rotatable bonds is 7. The van der Waals surface area contributed by atoms with Crippen LogP contribution in [0.1, 0.15) is 36.8 Å². The van der Waals surface area contributed by atoms with Gasteiger partial charge in [-0.2, -0.15) is 0 Å². The van der Waals surface area contributed by atoms with Crippen LogP contribution in [-0.2, 0) is 16.2 Å². The molecule has 0 unspecified atom stereocenters. The van der Waals surface area contributed by atoms with E-state index in [0.717, 1.165) is 75.5 Å². The lowest BCUT2D eigenvalue weighted by Crippen LogP contribution is -2.46. The molecule has 0 bridgehead atoms. The van der Waals surface area contributed by atoms with E-state index in [9.17, 15) is 4.79 Å². The molecule has 0 saturated carbocycles. The Morgan fingerprint density at radius 3 is 2.42 bits per heavy atom. The molecule has 4 heterocycles. The van der Waals surface area contributed by atoms with E-state index in [1.807, 2.05) is 25.4 Å². The largest absolute Gasteiger partial charge is 0.399 e. The number of nitrogens with one attached hydrogen (secondary N) is 1. The molecule has 2 fully saturated rings. The van der Waals surface area contributed by atoms with Crippen LogP contribution in [0.3, 0.4) is 0 Å². The van der Waals surface area contributed by atoms with Gasteiger partial charge in [0.1, 0.15) is 12.9 Å². The Kier molecular flexibility index (Phi) is 7.88. The second-order valence-electron chi connectivity index (χ2n) is 8.84. The number of likely N-dealkylation sites (tertiary alicyclic amines) is 2. The van der Waals surface area contributed by atoms with Crippen molar-refractivity contribution in [3.05, 3.63) is 54.0 Å². The van der Waals surface area contributed by atoms with Gasteiger partial charge < -0.3 is 15.1 Å². The van der Waals surface area contributed by atoms with Gasteiger partial charge in [0.2, 0.25) is 5.91 Å². The molecule has 0 radical (unpaired) electrons. The molecule has 33 heavy (non-hydrogen) atoms. The molecule has 8 nitrogen and oxygen atoms in total. The van der Waals surface area contributed by atoms with E-state index in [2.05, 4.69) is 42.4 Å². The monoisotopic (exact) mass is 450 g/mol. The Bertz CT molecular complexity index is 935. The third kappa shape index (κ3) is 5.87. The minimum atomic E-state index is 0.135. The van der Waals surface area contributed by atoms with Gasteiger partial charge >= 0.3 is 0 Å². The van der Waals surface area contributed by atoms with E-state index in [0.29, 0.717) is 11.8 Å². The Labute approximate surface area is 196 Å². The predicted molar refractivity (Wildman–Crippen MR) is 129 cm³/mol. The van der Waals surface area contributed by atoms with Crippen LogP contribution in [0.2, 0.25) is 0 Å². The molecule has 1 amide bonds. The number of nitrogens with zero attached hydrogens (tertiary/aromatic N) is 5. The normalized spacial score (nSPS) is 18.8. The van der Waals surface area contributed by atoms with Crippen molar-refractivity contribution in [1.29, 1.82) is 0 Å². The van der Waals surface area contributed by atoms with Crippen molar-refractivity contribution in [2.24, 2.45) is 17.0 Å². The lowest BCUT2D eigenvalue weighted by atomic mass is 9.87. The van der Waals surface area contributed by atoms with Crippen molar-refractivity contribution in [3.8, 4) is 0 Å². The van der Waals surface area contributed by atoms with Crippen molar-refractivity contribution in [3.63, 3.8) is 0 Å². The predicted octanol–water partition coefficient (Wildman–Crippen LogP) is 3.02. The first-order chi connectivity index (χ1) is 16.2. The quantitative estimate of drug-likeness (QED) is 0.516. The fraction of sp³-hybridized carbons (Fsp3) is 0.520. The third-order valence-corrected chi connectivity index (χ3v) is 6.78. The molecule has 0 aromatic carbocycles. The van der Waals surface area contributed by atoms with Crippen LogP contribution in [-0.4, -0.2) is 71.7 Å². The fourth-order valence-electron chi connectivity index (χ4n) is 4.92. The van der Waals surface area contributed by atoms with Gasteiger partial charge in [0.05, 0.1) is 5.71 Å². The van der Waals surface area contributed by atoms with Gasteiger partial charge in [-0.15, -0.1) is 0 Å². The van der Waals surface area contributed by atoms with E-state index in [4.69, 9.17) is 4.84 Å². The molecule has 176 valence electrons. The molecule has 4 rings (SSSR count). The lowest BCUT2D eigenvalue weighted by molar-refractivity contribution is -0.138. The van der Waals surface area contributed by atoms with Crippen molar-refractivity contribution < 1.29 is 9.63 Å². The molecule has 0 spiro atoms. The van der Waals surface area contributed by atoms with Crippen LogP contribution in [0.5, 0.6) is 0 Å². The summed E-state index contributed by atoms with van der Waals surface area (Å²) in [5.74, 6) is 1.64. The highest BCUT2D eigenvalue weighted by Gasteiger charge is 2.32. The maximum Gasteiger partial charge on any atom is 0.225 e. The molecular formula is C25H34N6O2. The second-order valence-corrected chi connectivity index (χ2v) is 8.84. The SMILES string of the molecule is CNc1cc(CN2CCC(C(=O)N3CCC(C(=NOC)c4ccncc4)CC3)CC2)ccn1. The van der Waals surface area contributed by atoms with Gasteiger partial charge in [-0.05, 0) is 68.6 Å². The Morgan fingerprint density at radius 2 is 1.76 bits per heavy atom. The van der Waals surface area contributed by atoms with Crippen LogP contribution < -0.4 is 5.32 Å². The van der Waals surface area contributed by atoms with E-state index >= 15 is 0 Å². The average Bonchev–Trinajstić information content (AvgIpc) is 2.88. The van der Waals surface area contributed by atoms with Crippen molar-refractivity contribution >= 4 is 17.4 Å². The number of hydrogen-bond acceptors (Lipinski definition) is 7. The number of piperidine rings is 2. The first kappa shape index (κ1) is 23.2. The van der Waals surface area contributed by atoms with Gasteiger partial charge in [0.25, 0.3) is 0 Å². The Hall–Kier alpha value is -3.00. The zero-order chi connectivity index (χ0) is 23.0. The number of carbonyl (C=O) groups is 1. The fourth-order valence-corrected chi connectivity index (χ4v) is 4.92. The van der Waals surface area contributed by atoms with E-state index < -0.39 is 0 Å². The maximum absolute atomic E-state index is 13.2. The summed E-state index contributed by atoms with van der Waals surface area (Å²) >= 11 is 0.